The molecule has 0 saturated heterocycles. The van der Waals surface area contributed by atoms with E-state index in [1.54, 1.807) is 13.0 Å². The van der Waals surface area contributed by atoms with E-state index in [4.69, 9.17) is 16.2 Å². The SMILES string of the molecule is COC(=O)C(C)(CN)Cc1ccc(N)c(F)c1. The molecule has 1 unspecified atom stereocenters. The molecule has 1 atom stereocenters. The first-order valence-electron chi connectivity index (χ1n) is 5.25. The number of halogens is 1. The van der Waals surface area contributed by atoms with Gasteiger partial charge in [-0.15, -0.1) is 0 Å². The van der Waals surface area contributed by atoms with Gasteiger partial charge in [0.05, 0.1) is 18.2 Å². The van der Waals surface area contributed by atoms with E-state index in [-0.39, 0.29) is 12.2 Å². The van der Waals surface area contributed by atoms with Crippen LogP contribution in [-0.4, -0.2) is 19.6 Å². The maximum Gasteiger partial charge on any atom is 0.313 e. The Morgan fingerprint density at radius 3 is 2.65 bits per heavy atom. The summed E-state index contributed by atoms with van der Waals surface area (Å²) >= 11 is 0. The van der Waals surface area contributed by atoms with E-state index >= 15 is 0 Å². The number of methoxy groups -OCH3 is 1. The van der Waals surface area contributed by atoms with Gasteiger partial charge in [0, 0.05) is 6.54 Å². The first-order valence-corrected chi connectivity index (χ1v) is 5.25. The Balaban J connectivity index is 2.95. The summed E-state index contributed by atoms with van der Waals surface area (Å²) in [7, 11) is 1.31. The van der Waals surface area contributed by atoms with E-state index in [0.29, 0.717) is 12.0 Å². The molecule has 1 aromatic carbocycles. The van der Waals surface area contributed by atoms with Crippen molar-refractivity contribution in [1.82, 2.24) is 0 Å². The van der Waals surface area contributed by atoms with Crippen molar-refractivity contribution < 1.29 is 13.9 Å². The lowest BCUT2D eigenvalue weighted by Crippen LogP contribution is -2.38. The van der Waals surface area contributed by atoms with Gasteiger partial charge in [-0.2, -0.15) is 0 Å². The van der Waals surface area contributed by atoms with Crippen LogP contribution < -0.4 is 11.5 Å². The number of ether oxygens (including phenoxy) is 1. The number of carbonyl (C=O) groups excluding carboxylic acids is 1. The number of hydrogen-bond acceptors (Lipinski definition) is 4. The van der Waals surface area contributed by atoms with Crippen LogP contribution in [0.4, 0.5) is 10.1 Å². The number of anilines is 1. The summed E-state index contributed by atoms with van der Waals surface area (Å²) in [6.07, 6.45) is 0.313. The Morgan fingerprint density at radius 1 is 1.53 bits per heavy atom. The van der Waals surface area contributed by atoms with Crippen LogP contribution in [-0.2, 0) is 16.0 Å². The fraction of sp³-hybridized carbons (Fsp3) is 0.417. The lowest BCUT2D eigenvalue weighted by molar-refractivity contribution is -0.151. The third kappa shape index (κ3) is 2.94. The molecule has 0 aliphatic rings. The van der Waals surface area contributed by atoms with E-state index in [2.05, 4.69) is 0 Å². The van der Waals surface area contributed by atoms with E-state index in [1.807, 2.05) is 0 Å². The molecule has 1 rings (SSSR count). The van der Waals surface area contributed by atoms with Gasteiger partial charge in [0.15, 0.2) is 0 Å². The van der Waals surface area contributed by atoms with Crippen molar-refractivity contribution >= 4 is 11.7 Å². The molecule has 0 spiro atoms. The zero-order valence-electron chi connectivity index (χ0n) is 10.00. The number of nitrogens with two attached hydrogens (primary N) is 2. The maximum absolute atomic E-state index is 13.3. The number of rotatable bonds is 4. The van der Waals surface area contributed by atoms with Gasteiger partial charge in [0.2, 0.25) is 0 Å². The summed E-state index contributed by atoms with van der Waals surface area (Å²) in [5.41, 5.74) is 10.9. The smallest absolute Gasteiger partial charge is 0.313 e. The Labute approximate surface area is 99.7 Å². The molecule has 0 heterocycles. The molecule has 0 amide bonds. The van der Waals surface area contributed by atoms with Gasteiger partial charge >= 0.3 is 5.97 Å². The number of carbonyl (C=O) groups is 1. The van der Waals surface area contributed by atoms with Gasteiger partial charge in [0.1, 0.15) is 5.82 Å². The average Bonchev–Trinajstić information content (AvgIpc) is 2.32. The molecule has 1 aromatic rings. The minimum atomic E-state index is -0.850. The van der Waals surface area contributed by atoms with Crippen molar-refractivity contribution in [1.29, 1.82) is 0 Å². The summed E-state index contributed by atoms with van der Waals surface area (Å²) in [6.45, 7) is 1.82. The molecule has 0 aliphatic carbocycles. The fourth-order valence-electron chi connectivity index (χ4n) is 1.61. The van der Waals surface area contributed by atoms with Crippen LogP contribution >= 0.6 is 0 Å². The van der Waals surface area contributed by atoms with E-state index < -0.39 is 17.2 Å². The second kappa shape index (κ2) is 5.14. The lowest BCUT2D eigenvalue weighted by atomic mass is 9.83. The Kier molecular flexibility index (Phi) is 4.07. The number of benzene rings is 1. The molecule has 5 heteroatoms. The molecule has 0 saturated carbocycles. The van der Waals surface area contributed by atoms with Gasteiger partial charge in [0.25, 0.3) is 0 Å². The zero-order chi connectivity index (χ0) is 13.1. The molecule has 94 valence electrons. The monoisotopic (exact) mass is 240 g/mol. The predicted octanol–water partition coefficient (Wildman–Crippen LogP) is 1.09. The number of esters is 1. The zero-order valence-corrected chi connectivity index (χ0v) is 10.00. The first kappa shape index (κ1) is 13.4. The van der Waals surface area contributed by atoms with Crippen LogP contribution in [0.15, 0.2) is 18.2 Å². The second-order valence-electron chi connectivity index (χ2n) is 4.29. The molecule has 0 fully saturated rings. The topological polar surface area (TPSA) is 78.3 Å². The van der Waals surface area contributed by atoms with Gasteiger partial charge in [-0.25, -0.2) is 4.39 Å². The largest absolute Gasteiger partial charge is 0.469 e. The number of hydrogen-bond donors (Lipinski definition) is 2. The van der Waals surface area contributed by atoms with Crippen molar-refractivity contribution in [2.45, 2.75) is 13.3 Å². The molecule has 17 heavy (non-hydrogen) atoms. The molecule has 4 nitrogen and oxygen atoms in total. The highest BCUT2D eigenvalue weighted by Crippen LogP contribution is 2.24. The Hall–Kier alpha value is -1.62. The summed E-state index contributed by atoms with van der Waals surface area (Å²) in [4.78, 5) is 11.6. The van der Waals surface area contributed by atoms with Crippen molar-refractivity contribution in [2.24, 2.45) is 11.1 Å². The van der Waals surface area contributed by atoms with E-state index in [1.165, 1.54) is 19.2 Å². The third-order valence-electron chi connectivity index (χ3n) is 2.79. The molecule has 0 bridgehead atoms. The summed E-state index contributed by atoms with van der Waals surface area (Å²) < 4.78 is 18.0. The van der Waals surface area contributed by atoms with Crippen molar-refractivity contribution in [3.63, 3.8) is 0 Å². The maximum atomic E-state index is 13.3. The fourth-order valence-corrected chi connectivity index (χ4v) is 1.61. The highest BCUT2D eigenvalue weighted by atomic mass is 19.1. The van der Waals surface area contributed by atoms with Crippen molar-refractivity contribution in [2.75, 3.05) is 19.4 Å². The van der Waals surface area contributed by atoms with Crippen LogP contribution in [0, 0.1) is 11.2 Å². The molecule has 4 N–H and O–H groups in total. The van der Waals surface area contributed by atoms with Crippen molar-refractivity contribution in [3.8, 4) is 0 Å². The summed E-state index contributed by atoms with van der Waals surface area (Å²) in [6, 6.07) is 4.46. The lowest BCUT2D eigenvalue weighted by Gasteiger charge is -2.24. The second-order valence-corrected chi connectivity index (χ2v) is 4.29. The highest BCUT2D eigenvalue weighted by Gasteiger charge is 2.33. The van der Waals surface area contributed by atoms with Gasteiger partial charge in [-0.1, -0.05) is 6.07 Å². The average molecular weight is 240 g/mol. The van der Waals surface area contributed by atoms with Crippen molar-refractivity contribution in [3.05, 3.63) is 29.6 Å². The van der Waals surface area contributed by atoms with Gasteiger partial charge < -0.3 is 16.2 Å². The molecule has 0 aliphatic heterocycles. The van der Waals surface area contributed by atoms with Crippen LogP contribution in [0.5, 0.6) is 0 Å². The molecular weight excluding hydrogens is 223 g/mol. The standard InChI is InChI=1S/C12H17FN2O2/c1-12(7-14,11(16)17-2)6-8-3-4-10(15)9(13)5-8/h3-5H,6-7,14-15H2,1-2H3. The van der Waals surface area contributed by atoms with Gasteiger partial charge in [-0.3, -0.25) is 4.79 Å². The quantitative estimate of drug-likeness (QED) is 0.610. The minimum absolute atomic E-state index is 0.0845. The summed E-state index contributed by atoms with van der Waals surface area (Å²) in [5.74, 6) is -0.899. The van der Waals surface area contributed by atoms with Crippen LogP contribution in [0.25, 0.3) is 0 Å². The van der Waals surface area contributed by atoms with Crippen LogP contribution in [0.3, 0.4) is 0 Å². The highest BCUT2D eigenvalue weighted by molar-refractivity contribution is 5.77. The predicted molar refractivity (Wildman–Crippen MR) is 63.7 cm³/mol. The Bertz CT molecular complexity index is 423. The normalized spacial score (nSPS) is 14.1. The number of nitrogen functional groups attached to an aromatic ring is 1. The molecular formula is C12H17FN2O2. The Morgan fingerprint density at radius 2 is 2.18 bits per heavy atom. The summed E-state index contributed by atoms with van der Waals surface area (Å²) in [5, 5.41) is 0. The first-order chi connectivity index (χ1) is 7.92. The van der Waals surface area contributed by atoms with E-state index in [0.717, 1.165) is 0 Å². The third-order valence-corrected chi connectivity index (χ3v) is 2.79. The van der Waals surface area contributed by atoms with Crippen LogP contribution in [0.2, 0.25) is 0 Å². The van der Waals surface area contributed by atoms with Crippen LogP contribution in [0.1, 0.15) is 12.5 Å². The van der Waals surface area contributed by atoms with Gasteiger partial charge in [-0.05, 0) is 31.0 Å². The van der Waals surface area contributed by atoms with E-state index in [9.17, 15) is 9.18 Å². The minimum Gasteiger partial charge on any atom is -0.469 e. The molecule has 0 aromatic heterocycles. The molecule has 0 radical (unpaired) electrons.